The van der Waals surface area contributed by atoms with E-state index in [4.69, 9.17) is 5.73 Å². The Bertz CT molecular complexity index is 872. The zero-order valence-corrected chi connectivity index (χ0v) is 12.9. The lowest BCUT2D eigenvalue weighted by Gasteiger charge is -2.09. The molecule has 0 aliphatic carbocycles. The molecule has 0 saturated carbocycles. The van der Waals surface area contributed by atoms with Crippen LogP contribution in [0.15, 0.2) is 54.6 Å². The van der Waals surface area contributed by atoms with Crippen molar-refractivity contribution in [2.45, 2.75) is 12.9 Å². The normalized spacial score (nSPS) is 11.5. The molecule has 7 heteroatoms. The average molecular weight is 347 g/mol. The van der Waals surface area contributed by atoms with E-state index in [-0.39, 0.29) is 11.5 Å². The Morgan fingerprint density at radius 2 is 1.44 bits per heavy atom. The minimum Gasteiger partial charge on any atom is -0.399 e. The Kier molecular flexibility index (Phi) is 4.39. The fourth-order valence-corrected chi connectivity index (χ4v) is 2.31. The number of hydrogen-bond donors (Lipinski definition) is 1. The summed E-state index contributed by atoms with van der Waals surface area (Å²) >= 11 is 0. The van der Waals surface area contributed by atoms with E-state index in [9.17, 15) is 17.6 Å². The molecule has 3 aromatic rings. The van der Waals surface area contributed by atoms with Crippen LogP contribution in [0.5, 0.6) is 0 Å². The number of alkyl halides is 4. The quantitative estimate of drug-likeness (QED) is 0.543. The van der Waals surface area contributed by atoms with Crippen molar-refractivity contribution in [2.24, 2.45) is 0 Å². The number of nitrogen functional groups attached to an aromatic ring is 1. The van der Waals surface area contributed by atoms with Crippen LogP contribution in [0, 0.1) is 0 Å². The lowest BCUT2D eigenvalue weighted by atomic mass is 10.1. The molecule has 0 unspecified atom stereocenters. The van der Waals surface area contributed by atoms with Crippen LogP contribution in [0.3, 0.4) is 0 Å². The minimum atomic E-state index is -4.42. The van der Waals surface area contributed by atoms with Crippen LogP contribution < -0.4 is 5.73 Å². The highest BCUT2D eigenvalue weighted by Gasteiger charge is 2.30. The Balaban J connectivity index is 2.04. The number of anilines is 1. The fourth-order valence-electron chi connectivity index (χ4n) is 2.31. The molecule has 0 bridgehead atoms. The monoisotopic (exact) mass is 347 g/mol. The van der Waals surface area contributed by atoms with Crippen LogP contribution in [-0.2, 0) is 12.9 Å². The van der Waals surface area contributed by atoms with Gasteiger partial charge in [-0.3, -0.25) is 0 Å². The van der Waals surface area contributed by atoms with Gasteiger partial charge in [0.05, 0.1) is 17.0 Å². The molecule has 0 amide bonds. The molecule has 25 heavy (non-hydrogen) atoms. The Morgan fingerprint density at radius 3 is 2.00 bits per heavy atom. The molecule has 2 aromatic carbocycles. The van der Waals surface area contributed by atoms with Crippen molar-refractivity contribution in [3.63, 3.8) is 0 Å². The molecular formula is C18H13F4N3. The van der Waals surface area contributed by atoms with E-state index in [2.05, 4.69) is 9.97 Å². The van der Waals surface area contributed by atoms with Gasteiger partial charge < -0.3 is 5.73 Å². The highest BCUT2D eigenvalue weighted by Crippen LogP contribution is 2.31. The second kappa shape index (κ2) is 6.51. The molecule has 0 aliphatic rings. The second-order valence-corrected chi connectivity index (χ2v) is 5.40. The van der Waals surface area contributed by atoms with E-state index in [0.29, 0.717) is 22.5 Å². The number of aromatic nitrogens is 2. The summed E-state index contributed by atoms with van der Waals surface area (Å²) < 4.78 is 51.1. The summed E-state index contributed by atoms with van der Waals surface area (Å²) in [4.78, 5) is 8.41. The molecule has 3 nitrogen and oxygen atoms in total. The topological polar surface area (TPSA) is 51.8 Å². The van der Waals surface area contributed by atoms with Crippen LogP contribution in [0.4, 0.5) is 23.2 Å². The number of halogens is 4. The molecule has 0 spiro atoms. The third kappa shape index (κ3) is 3.76. The zero-order valence-electron chi connectivity index (χ0n) is 12.9. The second-order valence-electron chi connectivity index (χ2n) is 5.40. The summed E-state index contributed by atoms with van der Waals surface area (Å²) in [7, 11) is 0. The SMILES string of the molecule is Nc1ccc(-c2cc(CF)nc(-c3ccc(C(F)(F)F)cc3)n2)cc1. The van der Waals surface area contributed by atoms with Crippen molar-refractivity contribution in [3.8, 4) is 22.6 Å². The van der Waals surface area contributed by atoms with Gasteiger partial charge in [0.1, 0.15) is 6.67 Å². The minimum absolute atomic E-state index is 0.150. The van der Waals surface area contributed by atoms with Crippen LogP contribution in [0.2, 0.25) is 0 Å². The van der Waals surface area contributed by atoms with Gasteiger partial charge in [0.15, 0.2) is 5.82 Å². The molecule has 0 radical (unpaired) electrons. The molecule has 1 heterocycles. The molecule has 2 N–H and O–H groups in total. The van der Waals surface area contributed by atoms with Crippen molar-refractivity contribution in [1.29, 1.82) is 0 Å². The maximum absolute atomic E-state index is 13.1. The number of hydrogen-bond acceptors (Lipinski definition) is 3. The predicted octanol–water partition coefficient (Wildman–Crippen LogP) is 4.88. The Morgan fingerprint density at radius 1 is 0.840 bits per heavy atom. The molecule has 0 atom stereocenters. The van der Waals surface area contributed by atoms with Gasteiger partial charge >= 0.3 is 6.18 Å². The van der Waals surface area contributed by atoms with E-state index in [1.165, 1.54) is 18.2 Å². The van der Waals surface area contributed by atoms with Crippen LogP contribution in [0.1, 0.15) is 11.3 Å². The Hall–Kier alpha value is -2.96. The number of nitrogens with zero attached hydrogens (tertiary/aromatic N) is 2. The van der Waals surface area contributed by atoms with Crippen LogP contribution >= 0.6 is 0 Å². The van der Waals surface area contributed by atoms with Crippen molar-refractivity contribution < 1.29 is 17.6 Å². The summed E-state index contributed by atoms with van der Waals surface area (Å²) in [6.07, 6.45) is -4.42. The molecule has 128 valence electrons. The van der Waals surface area contributed by atoms with Crippen LogP contribution in [-0.4, -0.2) is 9.97 Å². The first-order valence-electron chi connectivity index (χ1n) is 7.34. The number of nitrogens with two attached hydrogens (primary N) is 1. The molecule has 0 fully saturated rings. The lowest BCUT2D eigenvalue weighted by molar-refractivity contribution is -0.137. The van der Waals surface area contributed by atoms with Gasteiger partial charge in [-0.1, -0.05) is 24.3 Å². The van der Waals surface area contributed by atoms with Gasteiger partial charge in [-0.25, -0.2) is 14.4 Å². The number of benzene rings is 2. The largest absolute Gasteiger partial charge is 0.416 e. The van der Waals surface area contributed by atoms with E-state index >= 15 is 0 Å². The average Bonchev–Trinajstić information content (AvgIpc) is 2.61. The molecule has 3 rings (SSSR count). The Labute approximate surface area is 141 Å². The van der Waals surface area contributed by atoms with Crippen molar-refractivity contribution in [2.75, 3.05) is 5.73 Å². The standard InChI is InChI=1S/C18H13F4N3/c19-10-15-9-16(11-3-7-14(23)8-4-11)25-17(24-15)12-1-5-13(6-2-12)18(20,21)22/h1-9H,10,23H2. The first-order valence-corrected chi connectivity index (χ1v) is 7.34. The molecule has 0 saturated heterocycles. The van der Waals surface area contributed by atoms with Crippen molar-refractivity contribution in [1.82, 2.24) is 9.97 Å². The fraction of sp³-hybridized carbons (Fsp3) is 0.111. The van der Waals surface area contributed by atoms with Gasteiger partial charge in [0.2, 0.25) is 0 Å². The summed E-state index contributed by atoms with van der Waals surface area (Å²) in [5.41, 5.74) is 7.16. The zero-order chi connectivity index (χ0) is 18.0. The van der Waals surface area contributed by atoms with E-state index in [1.807, 2.05) is 0 Å². The van der Waals surface area contributed by atoms with Crippen LogP contribution in [0.25, 0.3) is 22.6 Å². The third-order valence-electron chi connectivity index (χ3n) is 3.59. The summed E-state index contributed by atoms with van der Waals surface area (Å²) in [5.74, 6) is 0.163. The first-order chi connectivity index (χ1) is 11.9. The molecule has 1 aromatic heterocycles. The van der Waals surface area contributed by atoms with E-state index in [1.54, 1.807) is 24.3 Å². The van der Waals surface area contributed by atoms with E-state index in [0.717, 1.165) is 12.1 Å². The first kappa shape index (κ1) is 16.9. The smallest absolute Gasteiger partial charge is 0.399 e. The summed E-state index contributed by atoms with van der Waals surface area (Å²) in [5, 5.41) is 0. The third-order valence-corrected chi connectivity index (χ3v) is 3.59. The van der Waals surface area contributed by atoms with Gasteiger partial charge in [-0.2, -0.15) is 13.2 Å². The van der Waals surface area contributed by atoms with Crippen molar-refractivity contribution in [3.05, 3.63) is 65.9 Å². The van der Waals surface area contributed by atoms with Gasteiger partial charge in [-0.15, -0.1) is 0 Å². The molecule has 0 aliphatic heterocycles. The summed E-state index contributed by atoms with van der Waals surface area (Å²) in [6, 6.07) is 12.8. The highest BCUT2D eigenvalue weighted by molar-refractivity contribution is 5.66. The predicted molar refractivity (Wildman–Crippen MR) is 87.1 cm³/mol. The van der Waals surface area contributed by atoms with Crippen molar-refractivity contribution >= 4 is 5.69 Å². The maximum Gasteiger partial charge on any atom is 0.416 e. The summed E-state index contributed by atoms with van der Waals surface area (Å²) in [6.45, 7) is -0.807. The number of rotatable bonds is 3. The van der Waals surface area contributed by atoms with Gasteiger partial charge in [0, 0.05) is 16.8 Å². The highest BCUT2D eigenvalue weighted by atomic mass is 19.4. The lowest BCUT2D eigenvalue weighted by Crippen LogP contribution is -2.04. The molecular weight excluding hydrogens is 334 g/mol. The maximum atomic E-state index is 13.1. The van der Waals surface area contributed by atoms with E-state index < -0.39 is 18.4 Å². The van der Waals surface area contributed by atoms with Gasteiger partial charge in [0.25, 0.3) is 0 Å². The van der Waals surface area contributed by atoms with Gasteiger partial charge in [-0.05, 0) is 30.3 Å².